The molecule has 0 saturated carbocycles. The fraction of sp³-hybridized carbons (Fsp3) is 0.559. The smallest absolute Gasteiger partial charge is 0.312 e. The molecule has 0 radical (unpaired) electrons. The molecular formula is C34H46F3N15. The zero-order valence-electron chi connectivity index (χ0n) is 31.0. The predicted octanol–water partition coefficient (Wildman–Crippen LogP) is 6.65. The Hall–Kier alpha value is -5.16. The molecule has 6 aromatic heterocycles. The summed E-state index contributed by atoms with van der Waals surface area (Å²) in [5.41, 5.74) is 1.59. The van der Waals surface area contributed by atoms with Gasteiger partial charge in [0.2, 0.25) is 0 Å². The molecule has 0 fully saturated rings. The highest BCUT2D eigenvalue weighted by Gasteiger charge is 2.34. The highest BCUT2D eigenvalue weighted by atomic mass is 19.1. The number of hydrogen-bond donors (Lipinski definition) is 6. The van der Waals surface area contributed by atoms with Crippen LogP contribution in [0, 0.1) is 35.0 Å². The van der Waals surface area contributed by atoms with Gasteiger partial charge in [-0.25, -0.2) is 15.0 Å². The molecule has 5 atom stereocenters. The molecular weight excluding hydrogens is 675 g/mol. The third-order valence-electron chi connectivity index (χ3n) is 9.63. The standard InChI is InChI=1S/C34H46F3N15/c1-11-17(33(5,6)7)41-27-20-28(51-32(37)50-27)43-18(42-20)12-14(2)16(4)40-26-21-29(52-31(36)49-26)46-23(44-21)15(3)22(34(8,9)10)45-25-19-24(39-13-38-19)47-30(35)48-25/h13-17,22H,11-12H2,1-10H3,(H2,38,39,45,47,48)(H2,40,44,46,49,52)(H2,41,42,43,50,51)/t14?,15?,16-,17+,22-/m0/s1. The lowest BCUT2D eigenvalue weighted by molar-refractivity contribution is 0.303. The van der Waals surface area contributed by atoms with E-state index in [0.29, 0.717) is 40.4 Å². The number of halogens is 3. The van der Waals surface area contributed by atoms with Crippen LogP contribution in [0.25, 0.3) is 33.5 Å². The van der Waals surface area contributed by atoms with E-state index in [9.17, 15) is 13.2 Å². The van der Waals surface area contributed by atoms with E-state index in [4.69, 9.17) is 0 Å². The number of H-pyrrole nitrogens is 3. The zero-order chi connectivity index (χ0) is 37.7. The van der Waals surface area contributed by atoms with Gasteiger partial charge in [0.05, 0.1) is 6.33 Å². The molecule has 278 valence electrons. The first-order chi connectivity index (χ1) is 24.4. The molecule has 0 bridgehead atoms. The molecule has 6 N–H and O–H groups in total. The molecule has 0 aliphatic heterocycles. The Kier molecular flexibility index (Phi) is 9.69. The van der Waals surface area contributed by atoms with E-state index in [-0.39, 0.29) is 69.4 Å². The van der Waals surface area contributed by atoms with Crippen LogP contribution in [-0.2, 0) is 6.42 Å². The maximum Gasteiger partial charge on any atom is 0.312 e. The Balaban J connectivity index is 1.23. The number of aromatic nitrogens is 12. The summed E-state index contributed by atoms with van der Waals surface area (Å²) in [5.74, 6) is 1.66. The van der Waals surface area contributed by atoms with E-state index >= 15 is 0 Å². The molecule has 6 heterocycles. The van der Waals surface area contributed by atoms with Gasteiger partial charge in [-0.15, -0.1) is 0 Å². The minimum absolute atomic E-state index is 0.0441. The number of anilines is 3. The molecule has 0 amide bonds. The molecule has 18 heteroatoms. The number of rotatable bonds is 12. The number of fused-ring (bicyclic) bond motifs is 3. The molecule has 52 heavy (non-hydrogen) atoms. The van der Waals surface area contributed by atoms with Gasteiger partial charge >= 0.3 is 18.2 Å². The van der Waals surface area contributed by atoms with E-state index in [2.05, 4.69) is 103 Å². The number of nitrogens with zero attached hydrogens (tertiary/aromatic N) is 9. The maximum absolute atomic E-state index is 14.8. The largest absolute Gasteiger partial charge is 0.365 e. The van der Waals surface area contributed by atoms with E-state index in [1.54, 1.807) is 0 Å². The first-order valence-electron chi connectivity index (χ1n) is 17.4. The summed E-state index contributed by atoms with van der Waals surface area (Å²) >= 11 is 0. The lowest BCUT2D eigenvalue weighted by Crippen LogP contribution is -2.39. The van der Waals surface area contributed by atoms with Crippen molar-refractivity contribution in [2.24, 2.45) is 16.7 Å². The fourth-order valence-electron chi connectivity index (χ4n) is 6.57. The summed E-state index contributed by atoms with van der Waals surface area (Å²) < 4.78 is 43.6. The van der Waals surface area contributed by atoms with E-state index in [0.717, 1.165) is 6.42 Å². The van der Waals surface area contributed by atoms with Gasteiger partial charge in [-0.1, -0.05) is 62.3 Å². The van der Waals surface area contributed by atoms with Crippen molar-refractivity contribution in [2.75, 3.05) is 16.0 Å². The predicted molar refractivity (Wildman–Crippen MR) is 193 cm³/mol. The van der Waals surface area contributed by atoms with E-state index in [1.165, 1.54) is 6.33 Å². The highest BCUT2D eigenvalue weighted by Crippen LogP contribution is 2.35. The second-order valence-corrected chi connectivity index (χ2v) is 15.7. The number of imidazole rings is 3. The topological polar surface area (TPSA) is 199 Å². The molecule has 0 saturated heterocycles. The van der Waals surface area contributed by atoms with Gasteiger partial charge in [0.25, 0.3) is 0 Å². The van der Waals surface area contributed by atoms with E-state index < -0.39 is 18.2 Å². The fourth-order valence-corrected chi connectivity index (χ4v) is 6.57. The lowest BCUT2D eigenvalue weighted by Gasteiger charge is -2.35. The van der Waals surface area contributed by atoms with E-state index in [1.807, 2.05) is 41.5 Å². The summed E-state index contributed by atoms with van der Waals surface area (Å²) in [6, 6.07) is -0.516. The van der Waals surface area contributed by atoms with Crippen LogP contribution in [0.5, 0.6) is 0 Å². The third-order valence-corrected chi connectivity index (χ3v) is 9.63. The van der Waals surface area contributed by atoms with Crippen molar-refractivity contribution in [2.45, 2.75) is 106 Å². The van der Waals surface area contributed by atoms with Crippen LogP contribution in [-0.4, -0.2) is 77.9 Å². The van der Waals surface area contributed by atoms with Crippen molar-refractivity contribution in [3.05, 3.63) is 36.2 Å². The third kappa shape index (κ3) is 7.55. The summed E-state index contributed by atoms with van der Waals surface area (Å²) in [7, 11) is 0. The molecule has 0 aliphatic carbocycles. The van der Waals surface area contributed by atoms with Gasteiger partial charge in [-0.3, -0.25) is 0 Å². The number of aromatic amines is 3. The van der Waals surface area contributed by atoms with Crippen LogP contribution in [0.15, 0.2) is 6.33 Å². The summed E-state index contributed by atoms with van der Waals surface area (Å²) in [6.45, 7) is 20.5. The molecule has 6 rings (SSSR count). The lowest BCUT2D eigenvalue weighted by atomic mass is 9.79. The Bertz CT molecular complexity index is 2200. The molecule has 0 aliphatic rings. The Morgan fingerprint density at radius 1 is 0.654 bits per heavy atom. The Labute approximate surface area is 298 Å². The van der Waals surface area contributed by atoms with Gasteiger partial charge in [0.15, 0.2) is 34.4 Å². The first kappa shape index (κ1) is 36.6. The molecule has 15 nitrogen and oxygen atoms in total. The van der Waals surface area contributed by atoms with Crippen molar-refractivity contribution in [1.82, 2.24) is 59.8 Å². The van der Waals surface area contributed by atoms with Gasteiger partial charge < -0.3 is 30.9 Å². The highest BCUT2D eigenvalue weighted by molar-refractivity contribution is 5.84. The molecule has 2 unspecified atom stereocenters. The van der Waals surface area contributed by atoms with Crippen molar-refractivity contribution < 1.29 is 13.2 Å². The van der Waals surface area contributed by atoms with Gasteiger partial charge in [-0.2, -0.15) is 43.1 Å². The van der Waals surface area contributed by atoms with Gasteiger partial charge in [0.1, 0.15) is 28.2 Å². The average Bonchev–Trinajstić information content (AvgIpc) is 3.79. The monoisotopic (exact) mass is 721 g/mol. The summed E-state index contributed by atoms with van der Waals surface area (Å²) in [4.78, 5) is 46.6. The van der Waals surface area contributed by atoms with Crippen molar-refractivity contribution >= 4 is 50.9 Å². The number of hydrogen-bond acceptors (Lipinski definition) is 12. The Morgan fingerprint density at radius 3 is 1.81 bits per heavy atom. The molecule has 6 aromatic rings. The van der Waals surface area contributed by atoms with Crippen LogP contribution < -0.4 is 16.0 Å². The van der Waals surface area contributed by atoms with Gasteiger partial charge in [-0.05, 0) is 30.1 Å². The van der Waals surface area contributed by atoms with Crippen LogP contribution >= 0.6 is 0 Å². The second-order valence-electron chi connectivity index (χ2n) is 15.7. The molecule has 0 aromatic carbocycles. The quantitative estimate of drug-likeness (QED) is 0.0737. The Morgan fingerprint density at radius 2 is 1.21 bits per heavy atom. The van der Waals surface area contributed by atoms with Gasteiger partial charge in [0, 0.05) is 30.5 Å². The summed E-state index contributed by atoms with van der Waals surface area (Å²) in [5, 5.41) is 10.1. The molecule has 0 spiro atoms. The average molecular weight is 722 g/mol. The number of nitrogens with one attached hydrogen (secondary N) is 6. The van der Waals surface area contributed by atoms with Crippen molar-refractivity contribution in [1.29, 1.82) is 0 Å². The minimum Gasteiger partial charge on any atom is -0.365 e. The minimum atomic E-state index is -0.928. The first-order valence-corrected chi connectivity index (χ1v) is 17.4. The second kappa shape index (κ2) is 13.8. The van der Waals surface area contributed by atoms with Crippen LogP contribution in [0.3, 0.4) is 0 Å². The normalized spacial score (nSPS) is 15.6. The zero-order valence-corrected chi connectivity index (χ0v) is 31.0. The van der Waals surface area contributed by atoms with Crippen LogP contribution in [0.4, 0.5) is 30.6 Å². The maximum atomic E-state index is 14.8. The van der Waals surface area contributed by atoms with Crippen molar-refractivity contribution in [3.8, 4) is 0 Å². The van der Waals surface area contributed by atoms with Crippen molar-refractivity contribution in [3.63, 3.8) is 0 Å². The van der Waals surface area contributed by atoms with Crippen LogP contribution in [0.2, 0.25) is 0 Å². The van der Waals surface area contributed by atoms with Crippen LogP contribution in [0.1, 0.15) is 93.2 Å². The summed E-state index contributed by atoms with van der Waals surface area (Å²) in [6.07, 6.45) is 0.0310. The SMILES string of the molecule is CC[C@@H](Nc1nc(F)nc2nc(CC(C)[C@H](C)Nc3nc(F)nc4nc(C(C)[C@H](Nc5nc(F)nc6nc[nH]c56)C(C)(C)C)[nH]c34)[nH]c12)C(C)(C)C.